The molecule has 0 amide bonds. The summed E-state index contributed by atoms with van der Waals surface area (Å²) in [6.07, 6.45) is 4.38. The van der Waals surface area contributed by atoms with Gasteiger partial charge in [0.15, 0.2) is 5.96 Å². The third-order valence-corrected chi connectivity index (χ3v) is 5.14. The first-order valence-electron chi connectivity index (χ1n) is 8.23. The molecule has 2 fully saturated rings. The molecule has 2 bridgehead atoms. The first-order valence-corrected chi connectivity index (χ1v) is 9.22. The number of benzene rings is 1. The maximum atomic E-state index is 5.90. The zero-order chi connectivity index (χ0) is 15.2. The van der Waals surface area contributed by atoms with E-state index in [-0.39, 0.29) is 0 Å². The first kappa shape index (κ1) is 15.7. The third kappa shape index (κ3) is 4.17. The predicted molar refractivity (Wildman–Crippen MR) is 92.6 cm³/mol. The minimum atomic E-state index is 0.382. The molecule has 0 aromatic heterocycles. The van der Waals surface area contributed by atoms with E-state index in [2.05, 4.69) is 41.8 Å². The van der Waals surface area contributed by atoms with Crippen LogP contribution in [0.3, 0.4) is 0 Å². The normalized spacial score (nSPS) is 27.1. The molecular weight excluding hydrogens is 294 g/mol. The molecule has 120 valence electrons. The van der Waals surface area contributed by atoms with Gasteiger partial charge >= 0.3 is 0 Å². The standard InChI is InChI=1S/C17H25N3OS/c1-2-18-17(20-15-12-13-8-9-16(15)21-13)19-10-11-22-14-6-4-3-5-7-14/h3-7,13,15-16H,2,8-12H2,1H3,(H2,18,19,20). The van der Waals surface area contributed by atoms with Crippen LogP contribution in [0.4, 0.5) is 0 Å². The number of nitrogens with zero attached hydrogens (tertiary/aromatic N) is 1. The average molecular weight is 319 g/mol. The number of hydrogen-bond donors (Lipinski definition) is 2. The van der Waals surface area contributed by atoms with Crippen molar-refractivity contribution < 1.29 is 4.74 Å². The lowest BCUT2D eigenvalue weighted by atomic mass is 9.96. The Kier molecular flexibility index (Phi) is 5.62. The highest BCUT2D eigenvalue weighted by Gasteiger charge is 2.41. The SMILES string of the molecule is CCNC(=NCCSc1ccccc1)NC1CC2CCC1O2. The number of rotatable bonds is 6. The number of fused-ring (bicyclic) bond motifs is 2. The number of nitrogens with one attached hydrogen (secondary N) is 2. The number of thioether (sulfide) groups is 1. The Bertz CT molecular complexity index is 494. The molecule has 1 aromatic rings. The molecule has 2 saturated heterocycles. The summed E-state index contributed by atoms with van der Waals surface area (Å²) in [5.41, 5.74) is 0. The van der Waals surface area contributed by atoms with Gasteiger partial charge in [0.1, 0.15) is 0 Å². The fourth-order valence-electron chi connectivity index (χ4n) is 3.12. The topological polar surface area (TPSA) is 45.7 Å². The van der Waals surface area contributed by atoms with Crippen LogP contribution in [0.2, 0.25) is 0 Å². The smallest absolute Gasteiger partial charge is 0.191 e. The lowest BCUT2D eigenvalue weighted by molar-refractivity contribution is 0.0992. The molecule has 2 aliphatic rings. The van der Waals surface area contributed by atoms with Crippen LogP contribution in [-0.4, -0.2) is 43.1 Å². The van der Waals surface area contributed by atoms with Crippen LogP contribution in [0, 0.1) is 0 Å². The molecule has 2 aliphatic heterocycles. The van der Waals surface area contributed by atoms with Gasteiger partial charge in [-0.3, -0.25) is 4.99 Å². The second kappa shape index (κ2) is 7.88. The van der Waals surface area contributed by atoms with Crippen LogP contribution in [0.15, 0.2) is 40.2 Å². The van der Waals surface area contributed by atoms with E-state index in [0.29, 0.717) is 18.2 Å². The largest absolute Gasteiger partial charge is 0.373 e. The van der Waals surface area contributed by atoms with Crippen molar-refractivity contribution in [1.29, 1.82) is 0 Å². The average Bonchev–Trinajstić information content (AvgIpc) is 3.15. The van der Waals surface area contributed by atoms with Gasteiger partial charge in [0.05, 0.1) is 24.8 Å². The van der Waals surface area contributed by atoms with Gasteiger partial charge in [-0.25, -0.2) is 0 Å². The summed E-state index contributed by atoms with van der Waals surface area (Å²) in [5.74, 6) is 1.92. The van der Waals surface area contributed by atoms with Crippen molar-refractivity contribution in [3.05, 3.63) is 30.3 Å². The van der Waals surface area contributed by atoms with Gasteiger partial charge in [-0.2, -0.15) is 0 Å². The van der Waals surface area contributed by atoms with E-state index in [1.54, 1.807) is 0 Å². The Morgan fingerprint density at radius 2 is 2.18 bits per heavy atom. The van der Waals surface area contributed by atoms with Gasteiger partial charge in [0, 0.05) is 17.2 Å². The van der Waals surface area contributed by atoms with Crippen LogP contribution in [0.5, 0.6) is 0 Å². The predicted octanol–water partition coefficient (Wildman–Crippen LogP) is 2.65. The molecule has 3 unspecified atom stereocenters. The quantitative estimate of drug-likeness (QED) is 0.366. The second-order valence-corrected chi connectivity index (χ2v) is 6.95. The van der Waals surface area contributed by atoms with Crippen LogP contribution in [0.25, 0.3) is 0 Å². The molecule has 5 heteroatoms. The Morgan fingerprint density at radius 3 is 2.86 bits per heavy atom. The summed E-state index contributed by atoms with van der Waals surface area (Å²) in [5, 5.41) is 6.89. The summed E-state index contributed by atoms with van der Waals surface area (Å²) in [4.78, 5) is 6.00. The van der Waals surface area contributed by atoms with Crippen molar-refractivity contribution in [3.63, 3.8) is 0 Å². The van der Waals surface area contributed by atoms with E-state index in [1.165, 1.54) is 17.7 Å². The third-order valence-electron chi connectivity index (χ3n) is 4.15. The molecule has 0 saturated carbocycles. The fraction of sp³-hybridized carbons (Fsp3) is 0.588. The molecule has 2 heterocycles. The van der Waals surface area contributed by atoms with Gasteiger partial charge in [-0.15, -0.1) is 11.8 Å². The molecule has 0 spiro atoms. The molecule has 3 atom stereocenters. The Balaban J connectivity index is 1.45. The van der Waals surface area contributed by atoms with E-state index in [4.69, 9.17) is 9.73 Å². The van der Waals surface area contributed by atoms with Gasteiger partial charge < -0.3 is 15.4 Å². The molecule has 4 nitrogen and oxygen atoms in total. The Morgan fingerprint density at radius 1 is 1.32 bits per heavy atom. The zero-order valence-electron chi connectivity index (χ0n) is 13.1. The summed E-state index contributed by atoms with van der Waals surface area (Å²) < 4.78 is 5.90. The van der Waals surface area contributed by atoms with Gasteiger partial charge in [-0.05, 0) is 38.3 Å². The summed E-state index contributed by atoms with van der Waals surface area (Å²) >= 11 is 1.85. The highest BCUT2D eigenvalue weighted by Crippen LogP contribution is 2.34. The molecular formula is C17H25N3OS. The van der Waals surface area contributed by atoms with Crippen LogP contribution in [-0.2, 0) is 4.74 Å². The van der Waals surface area contributed by atoms with E-state index < -0.39 is 0 Å². The number of aliphatic imine (C=N–C) groups is 1. The van der Waals surface area contributed by atoms with Gasteiger partial charge in [0.25, 0.3) is 0 Å². The maximum Gasteiger partial charge on any atom is 0.191 e. The lowest BCUT2D eigenvalue weighted by Crippen LogP contribution is -2.47. The molecule has 0 radical (unpaired) electrons. The molecule has 0 aliphatic carbocycles. The van der Waals surface area contributed by atoms with Crippen LogP contribution >= 0.6 is 11.8 Å². The minimum absolute atomic E-state index is 0.382. The Hall–Kier alpha value is -1.20. The summed E-state index contributed by atoms with van der Waals surface area (Å²) in [6, 6.07) is 10.9. The summed E-state index contributed by atoms with van der Waals surface area (Å²) in [6.45, 7) is 3.81. The number of guanidine groups is 1. The fourth-order valence-corrected chi connectivity index (χ4v) is 3.89. The molecule has 22 heavy (non-hydrogen) atoms. The molecule has 3 rings (SSSR count). The van der Waals surface area contributed by atoms with Crippen LogP contribution in [0.1, 0.15) is 26.2 Å². The van der Waals surface area contributed by atoms with Crippen LogP contribution < -0.4 is 10.6 Å². The van der Waals surface area contributed by atoms with E-state index in [1.807, 2.05) is 17.8 Å². The maximum absolute atomic E-state index is 5.90. The van der Waals surface area contributed by atoms with Gasteiger partial charge in [0.2, 0.25) is 0 Å². The van der Waals surface area contributed by atoms with E-state index in [9.17, 15) is 0 Å². The zero-order valence-corrected chi connectivity index (χ0v) is 13.9. The first-order chi connectivity index (χ1) is 10.8. The van der Waals surface area contributed by atoms with Crippen molar-refractivity contribution in [2.75, 3.05) is 18.8 Å². The summed E-state index contributed by atoms with van der Waals surface area (Å²) in [7, 11) is 0. The highest BCUT2D eigenvalue weighted by molar-refractivity contribution is 7.99. The highest BCUT2D eigenvalue weighted by atomic mass is 32.2. The Labute approximate surface area is 137 Å². The van der Waals surface area contributed by atoms with Crippen molar-refractivity contribution in [2.45, 2.75) is 49.3 Å². The monoisotopic (exact) mass is 319 g/mol. The van der Waals surface area contributed by atoms with Gasteiger partial charge in [-0.1, -0.05) is 18.2 Å². The van der Waals surface area contributed by atoms with Crippen molar-refractivity contribution in [1.82, 2.24) is 10.6 Å². The molecule has 1 aromatic carbocycles. The lowest BCUT2D eigenvalue weighted by Gasteiger charge is -2.22. The van der Waals surface area contributed by atoms with Crippen molar-refractivity contribution >= 4 is 17.7 Å². The number of ether oxygens (including phenoxy) is 1. The minimum Gasteiger partial charge on any atom is -0.373 e. The number of hydrogen-bond acceptors (Lipinski definition) is 3. The van der Waals surface area contributed by atoms with E-state index in [0.717, 1.165) is 31.2 Å². The van der Waals surface area contributed by atoms with Crippen molar-refractivity contribution in [2.24, 2.45) is 4.99 Å². The van der Waals surface area contributed by atoms with E-state index >= 15 is 0 Å². The second-order valence-electron chi connectivity index (χ2n) is 5.78. The van der Waals surface area contributed by atoms with Crippen molar-refractivity contribution in [3.8, 4) is 0 Å². The molecule has 2 N–H and O–H groups in total.